The topological polar surface area (TPSA) is 34.1 Å². The highest BCUT2D eigenvalue weighted by Gasteiger charge is 2.49. The molecule has 0 aliphatic heterocycles. The van der Waals surface area contributed by atoms with E-state index < -0.39 is 8.07 Å². The van der Waals surface area contributed by atoms with E-state index in [-0.39, 0.29) is 23.7 Å². The Morgan fingerprint density at radius 1 is 0.963 bits per heavy atom. The van der Waals surface area contributed by atoms with Gasteiger partial charge in [-0.25, -0.2) is 0 Å². The number of carbonyl (C=O) groups is 2. The van der Waals surface area contributed by atoms with Gasteiger partial charge in [-0.15, -0.1) is 0 Å². The van der Waals surface area contributed by atoms with Crippen LogP contribution in [0.3, 0.4) is 0 Å². The van der Waals surface area contributed by atoms with Crippen molar-refractivity contribution in [1.29, 1.82) is 0 Å². The summed E-state index contributed by atoms with van der Waals surface area (Å²) >= 11 is 0. The number of Topliss-reactive ketones (excluding diaryl/α,β-unsaturated/α-hetero) is 2. The average molecular weight is 383 g/mol. The van der Waals surface area contributed by atoms with Crippen LogP contribution in [0.2, 0.25) is 18.1 Å². The molecule has 0 N–H and O–H groups in total. The van der Waals surface area contributed by atoms with E-state index in [4.69, 9.17) is 0 Å². The molecule has 2 aliphatic carbocycles. The Labute approximate surface area is 165 Å². The normalized spacial score (nSPS) is 31.0. The minimum Gasteiger partial charge on any atom is -0.299 e. The molecular weight excluding hydrogens is 348 g/mol. The molecule has 1 fully saturated rings. The second-order valence-corrected chi connectivity index (χ2v) is 13.8. The maximum Gasteiger partial charge on any atom is 0.158 e. The molecule has 2 aliphatic rings. The lowest BCUT2D eigenvalue weighted by atomic mass is 9.61. The Bertz CT molecular complexity index is 709. The Morgan fingerprint density at radius 2 is 1.59 bits per heavy atom. The Kier molecular flexibility index (Phi) is 6.20. The summed E-state index contributed by atoms with van der Waals surface area (Å²) in [6.07, 6.45) is 4.59. The second kappa shape index (κ2) is 8.26. The van der Waals surface area contributed by atoms with Crippen LogP contribution in [0.15, 0.2) is 41.6 Å². The molecule has 0 amide bonds. The summed E-state index contributed by atoms with van der Waals surface area (Å²) in [5.41, 5.74) is 1.16. The van der Waals surface area contributed by atoms with Crippen molar-refractivity contribution < 1.29 is 9.59 Å². The summed E-state index contributed by atoms with van der Waals surface area (Å²) in [7, 11) is -1.74. The Morgan fingerprint density at radius 3 is 2.19 bits per heavy atom. The number of allylic oxidation sites excluding steroid dienone is 2. The first-order valence-electron chi connectivity index (χ1n) is 10.8. The Hall–Kier alpha value is -1.48. The molecule has 2 bridgehead atoms. The van der Waals surface area contributed by atoms with Crippen LogP contribution in [0.25, 0.3) is 0 Å². The third-order valence-corrected chi connectivity index (χ3v) is 13.3. The maximum absolute atomic E-state index is 14.0. The van der Waals surface area contributed by atoms with Crippen molar-refractivity contribution in [2.75, 3.05) is 0 Å². The average Bonchev–Trinajstić information content (AvgIpc) is 2.69. The molecule has 4 atom stereocenters. The van der Waals surface area contributed by atoms with Gasteiger partial charge in [0.15, 0.2) is 5.78 Å². The number of hydrogen-bond donors (Lipinski definition) is 0. The third kappa shape index (κ3) is 3.51. The van der Waals surface area contributed by atoms with Crippen molar-refractivity contribution in [3.05, 3.63) is 47.2 Å². The highest BCUT2D eigenvalue weighted by atomic mass is 28.3. The minimum atomic E-state index is -1.74. The van der Waals surface area contributed by atoms with Crippen molar-refractivity contribution in [2.45, 2.75) is 71.0 Å². The molecule has 1 saturated carbocycles. The molecule has 0 radical (unpaired) electrons. The van der Waals surface area contributed by atoms with E-state index >= 15 is 0 Å². The van der Waals surface area contributed by atoms with Crippen molar-refractivity contribution in [2.24, 2.45) is 17.8 Å². The van der Waals surface area contributed by atoms with E-state index in [0.717, 1.165) is 36.5 Å². The predicted molar refractivity (Wildman–Crippen MR) is 114 cm³/mol. The van der Waals surface area contributed by atoms with Gasteiger partial charge in [0.25, 0.3) is 0 Å². The summed E-state index contributed by atoms with van der Waals surface area (Å²) in [4.78, 5) is 26.9. The molecule has 0 heterocycles. The molecule has 3 rings (SSSR count). The van der Waals surface area contributed by atoms with Gasteiger partial charge in [-0.1, -0.05) is 82.2 Å². The molecule has 1 aromatic carbocycles. The molecule has 3 heteroatoms. The summed E-state index contributed by atoms with van der Waals surface area (Å²) in [5, 5.41) is 1.19. The van der Waals surface area contributed by atoms with Gasteiger partial charge >= 0.3 is 0 Å². The molecule has 0 spiro atoms. The van der Waals surface area contributed by atoms with E-state index in [9.17, 15) is 9.59 Å². The van der Waals surface area contributed by atoms with Gasteiger partial charge in [0.2, 0.25) is 0 Å². The van der Waals surface area contributed by atoms with Gasteiger partial charge < -0.3 is 0 Å². The summed E-state index contributed by atoms with van der Waals surface area (Å²) < 4.78 is 0. The van der Waals surface area contributed by atoms with Crippen molar-refractivity contribution >= 4 is 19.6 Å². The van der Waals surface area contributed by atoms with Gasteiger partial charge in [-0.05, 0) is 29.5 Å². The van der Waals surface area contributed by atoms with Gasteiger partial charge in [0, 0.05) is 24.2 Å². The third-order valence-electron chi connectivity index (χ3n) is 7.69. The lowest BCUT2D eigenvalue weighted by Gasteiger charge is -2.44. The van der Waals surface area contributed by atoms with Crippen molar-refractivity contribution in [3.63, 3.8) is 0 Å². The molecule has 27 heavy (non-hydrogen) atoms. The first-order chi connectivity index (χ1) is 13.0. The fourth-order valence-corrected chi connectivity index (χ4v) is 9.67. The lowest BCUT2D eigenvalue weighted by Crippen LogP contribution is -2.48. The fourth-order valence-electron chi connectivity index (χ4n) is 5.76. The zero-order valence-electron chi connectivity index (χ0n) is 17.3. The lowest BCUT2D eigenvalue weighted by molar-refractivity contribution is -0.133. The van der Waals surface area contributed by atoms with Crippen LogP contribution in [0.5, 0.6) is 0 Å². The number of hydrogen-bond acceptors (Lipinski definition) is 2. The van der Waals surface area contributed by atoms with Gasteiger partial charge in [0.1, 0.15) is 5.78 Å². The molecule has 0 saturated heterocycles. The molecule has 0 unspecified atom stereocenters. The first kappa shape index (κ1) is 20.3. The van der Waals surface area contributed by atoms with E-state index in [1.54, 1.807) is 0 Å². The highest BCUT2D eigenvalue weighted by Crippen LogP contribution is 2.48. The fraction of sp³-hybridized carbons (Fsp3) is 0.583. The second-order valence-electron chi connectivity index (χ2n) is 8.58. The first-order valence-corrected chi connectivity index (χ1v) is 13.4. The van der Waals surface area contributed by atoms with E-state index in [1.165, 1.54) is 5.20 Å². The van der Waals surface area contributed by atoms with Crippen LogP contribution in [0.4, 0.5) is 0 Å². The Balaban J connectivity index is 2.09. The standard InChI is InChI=1S/C24H34O2Si/c1-5-27(6-2,7-3)22-15-11-14-19-17(4)23(24(22)26)20(16-21(19)25)18-12-9-8-10-13-18/h8-10,12-13,15,17,19-20,23H,5-7,11,14,16H2,1-4H3/b22-15+/t17-,19-,20-,23+/m0/s1. The van der Waals surface area contributed by atoms with Crippen molar-refractivity contribution in [3.8, 4) is 0 Å². The molecule has 1 aromatic rings. The van der Waals surface area contributed by atoms with Crippen LogP contribution in [0, 0.1) is 17.8 Å². The number of fused-ring (bicyclic) bond motifs is 2. The van der Waals surface area contributed by atoms with Crippen LogP contribution in [-0.4, -0.2) is 19.6 Å². The van der Waals surface area contributed by atoms with Crippen LogP contribution in [0.1, 0.15) is 58.4 Å². The smallest absolute Gasteiger partial charge is 0.158 e. The molecule has 0 aromatic heterocycles. The molecule has 2 nitrogen and oxygen atoms in total. The van der Waals surface area contributed by atoms with Crippen LogP contribution >= 0.6 is 0 Å². The van der Waals surface area contributed by atoms with Gasteiger partial charge in [-0.3, -0.25) is 9.59 Å². The number of ketones is 2. The zero-order chi connectivity index (χ0) is 19.6. The minimum absolute atomic E-state index is 0.0382. The quantitative estimate of drug-likeness (QED) is 0.590. The highest BCUT2D eigenvalue weighted by molar-refractivity contribution is 6.90. The monoisotopic (exact) mass is 382 g/mol. The summed E-state index contributed by atoms with van der Waals surface area (Å²) in [6, 6.07) is 13.7. The van der Waals surface area contributed by atoms with E-state index in [2.05, 4.69) is 45.9 Å². The summed E-state index contributed by atoms with van der Waals surface area (Å²) in [5.74, 6) is 0.935. The van der Waals surface area contributed by atoms with Crippen molar-refractivity contribution in [1.82, 2.24) is 0 Å². The SMILES string of the molecule is CC[Si](CC)(CC)/C1=C/CC[C@@H]2C(=O)C[C@@H](c3ccccc3)[C@H](C1=O)[C@H]2C. The maximum atomic E-state index is 14.0. The zero-order valence-corrected chi connectivity index (χ0v) is 18.3. The van der Waals surface area contributed by atoms with Crippen LogP contribution < -0.4 is 0 Å². The number of rotatable bonds is 5. The number of carbonyl (C=O) groups excluding carboxylic acids is 2. The van der Waals surface area contributed by atoms with E-state index in [0.29, 0.717) is 18.0 Å². The summed E-state index contributed by atoms with van der Waals surface area (Å²) in [6.45, 7) is 8.99. The van der Waals surface area contributed by atoms with Gasteiger partial charge in [-0.2, -0.15) is 0 Å². The van der Waals surface area contributed by atoms with E-state index in [1.807, 2.05) is 18.2 Å². The number of benzene rings is 1. The predicted octanol–water partition coefficient (Wildman–Crippen LogP) is 5.95. The molecular formula is C24H34O2Si. The molecule has 146 valence electrons. The van der Waals surface area contributed by atoms with Gasteiger partial charge in [0.05, 0.1) is 8.07 Å². The van der Waals surface area contributed by atoms with Crippen LogP contribution in [-0.2, 0) is 9.59 Å². The largest absolute Gasteiger partial charge is 0.299 e.